The molecule has 0 aliphatic carbocycles. The zero-order chi connectivity index (χ0) is 18.3. The van der Waals surface area contributed by atoms with Crippen LogP contribution in [0.4, 0.5) is 10.1 Å². The molecule has 0 unspecified atom stereocenters. The molecule has 0 bridgehead atoms. The highest BCUT2D eigenvalue weighted by molar-refractivity contribution is 7.20. The molecule has 26 heavy (non-hydrogen) atoms. The van der Waals surface area contributed by atoms with Gasteiger partial charge in [0, 0.05) is 10.4 Å². The van der Waals surface area contributed by atoms with Crippen molar-refractivity contribution in [2.24, 2.45) is 0 Å². The predicted octanol–water partition coefficient (Wildman–Crippen LogP) is 5.44. The number of fused-ring (bicyclic) bond motifs is 1. The lowest BCUT2D eigenvalue weighted by molar-refractivity contribution is 0.103. The van der Waals surface area contributed by atoms with Crippen molar-refractivity contribution in [3.63, 3.8) is 0 Å². The number of hydrogen-bond acceptors (Lipinski definition) is 3. The fourth-order valence-corrected chi connectivity index (χ4v) is 3.87. The van der Waals surface area contributed by atoms with E-state index in [2.05, 4.69) is 10.4 Å². The third kappa shape index (κ3) is 2.98. The number of amides is 1. The second-order valence-corrected chi connectivity index (χ2v) is 7.20. The molecule has 0 fully saturated rings. The molecule has 2 heterocycles. The number of nitrogens with one attached hydrogen (secondary N) is 1. The molecule has 2 aromatic heterocycles. The molecule has 4 rings (SSSR count). The van der Waals surface area contributed by atoms with Crippen LogP contribution in [0.25, 0.3) is 15.9 Å². The van der Waals surface area contributed by atoms with E-state index in [-0.39, 0.29) is 11.6 Å². The Balaban J connectivity index is 1.72. The minimum absolute atomic E-state index is 0.158. The summed E-state index contributed by atoms with van der Waals surface area (Å²) in [6.07, 6.45) is 0. The van der Waals surface area contributed by atoms with Gasteiger partial charge in [-0.1, -0.05) is 23.7 Å². The Labute approximate surface area is 157 Å². The maximum Gasteiger partial charge on any atom is 0.265 e. The number of hydrogen-bond donors (Lipinski definition) is 1. The van der Waals surface area contributed by atoms with Gasteiger partial charge in [0.05, 0.1) is 21.9 Å². The summed E-state index contributed by atoms with van der Waals surface area (Å²) in [5.74, 6) is -0.816. The molecule has 4 aromatic rings. The molecule has 0 saturated heterocycles. The lowest BCUT2D eigenvalue weighted by atomic mass is 10.2. The standard InChI is InChI=1S/C19H13ClFN3OS/c1-11-14-10-17(18(25)22-16-5-3-2-4-15(16)21)26-19(14)24(23-11)13-8-6-12(20)7-9-13/h2-10H,1H3,(H,22,25). The summed E-state index contributed by atoms with van der Waals surface area (Å²) in [4.78, 5) is 13.9. The van der Waals surface area contributed by atoms with E-state index >= 15 is 0 Å². The molecule has 0 radical (unpaired) electrons. The fourth-order valence-electron chi connectivity index (χ4n) is 2.66. The summed E-state index contributed by atoms with van der Waals surface area (Å²) in [5, 5.41) is 8.69. The normalized spacial score (nSPS) is 11.0. The van der Waals surface area contributed by atoms with Crippen LogP contribution in [0.2, 0.25) is 5.02 Å². The summed E-state index contributed by atoms with van der Waals surface area (Å²) in [7, 11) is 0. The van der Waals surface area contributed by atoms with Crippen molar-refractivity contribution in [2.45, 2.75) is 6.92 Å². The van der Waals surface area contributed by atoms with Gasteiger partial charge in [-0.15, -0.1) is 11.3 Å². The second-order valence-electron chi connectivity index (χ2n) is 5.74. The first kappa shape index (κ1) is 16.8. The summed E-state index contributed by atoms with van der Waals surface area (Å²) in [6, 6.07) is 15.2. The van der Waals surface area contributed by atoms with Gasteiger partial charge in [-0.2, -0.15) is 5.10 Å². The van der Waals surface area contributed by atoms with Crippen LogP contribution >= 0.6 is 22.9 Å². The number of thiophene rings is 1. The number of carbonyl (C=O) groups is 1. The van der Waals surface area contributed by atoms with Crippen LogP contribution in [-0.2, 0) is 0 Å². The van der Waals surface area contributed by atoms with Crippen molar-refractivity contribution >= 4 is 44.7 Å². The monoisotopic (exact) mass is 385 g/mol. The minimum Gasteiger partial charge on any atom is -0.319 e. The van der Waals surface area contributed by atoms with E-state index < -0.39 is 5.82 Å². The number of rotatable bonds is 3. The fraction of sp³-hybridized carbons (Fsp3) is 0.0526. The smallest absolute Gasteiger partial charge is 0.265 e. The first-order valence-corrected chi connectivity index (χ1v) is 9.03. The van der Waals surface area contributed by atoms with Gasteiger partial charge in [0.25, 0.3) is 5.91 Å². The van der Waals surface area contributed by atoms with Gasteiger partial charge < -0.3 is 5.32 Å². The van der Waals surface area contributed by atoms with Gasteiger partial charge in [-0.25, -0.2) is 9.07 Å². The number of para-hydroxylation sites is 1. The van der Waals surface area contributed by atoms with Crippen LogP contribution in [0, 0.1) is 12.7 Å². The molecule has 0 spiro atoms. The van der Waals surface area contributed by atoms with E-state index in [1.54, 1.807) is 35.0 Å². The Morgan fingerprint density at radius 1 is 1.19 bits per heavy atom. The van der Waals surface area contributed by atoms with Crippen LogP contribution in [0.15, 0.2) is 54.6 Å². The molecule has 0 aliphatic rings. The number of carbonyl (C=O) groups excluding carboxylic acids is 1. The van der Waals surface area contributed by atoms with E-state index in [1.807, 2.05) is 19.1 Å². The van der Waals surface area contributed by atoms with Crippen LogP contribution in [0.1, 0.15) is 15.4 Å². The number of anilines is 1. The van der Waals surface area contributed by atoms with Crippen molar-refractivity contribution in [2.75, 3.05) is 5.32 Å². The zero-order valence-electron chi connectivity index (χ0n) is 13.7. The lowest BCUT2D eigenvalue weighted by Crippen LogP contribution is -2.11. The molecule has 0 atom stereocenters. The van der Waals surface area contributed by atoms with Gasteiger partial charge in [0.15, 0.2) is 0 Å². The van der Waals surface area contributed by atoms with Crippen LogP contribution in [0.3, 0.4) is 0 Å². The quantitative estimate of drug-likeness (QED) is 0.510. The predicted molar refractivity (Wildman–Crippen MR) is 103 cm³/mol. The van der Waals surface area contributed by atoms with Gasteiger partial charge >= 0.3 is 0 Å². The van der Waals surface area contributed by atoms with E-state index in [1.165, 1.54) is 23.5 Å². The van der Waals surface area contributed by atoms with E-state index in [9.17, 15) is 9.18 Å². The molecule has 0 aliphatic heterocycles. The van der Waals surface area contributed by atoms with Gasteiger partial charge in [0.2, 0.25) is 0 Å². The number of halogens is 2. The third-order valence-electron chi connectivity index (χ3n) is 3.96. The molecule has 0 saturated carbocycles. The first-order valence-electron chi connectivity index (χ1n) is 7.84. The van der Waals surface area contributed by atoms with Gasteiger partial charge in [-0.05, 0) is 49.4 Å². The Bertz CT molecular complexity index is 1120. The Morgan fingerprint density at radius 2 is 1.92 bits per heavy atom. The minimum atomic E-state index is -0.467. The molecule has 4 nitrogen and oxygen atoms in total. The maximum atomic E-state index is 13.8. The molecule has 7 heteroatoms. The van der Waals surface area contributed by atoms with Crippen molar-refractivity contribution < 1.29 is 9.18 Å². The Morgan fingerprint density at radius 3 is 2.65 bits per heavy atom. The second kappa shape index (κ2) is 6.55. The van der Waals surface area contributed by atoms with Crippen LogP contribution in [-0.4, -0.2) is 15.7 Å². The van der Waals surface area contributed by atoms with Crippen LogP contribution < -0.4 is 5.32 Å². The van der Waals surface area contributed by atoms with Crippen molar-refractivity contribution in [1.29, 1.82) is 0 Å². The topological polar surface area (TPSA) is 46.9 Å². The van der Waals surface area contributed by atoms with E-state index in [0.29, 0.717) is 9.90 Å². The average molecular weight is 386 g/mol. The number of benzene rings is 2. The summed E-state index contributed by atoms with van der Waals surface area (Å²) in [6.45, 7) is 1.89. The highest BCUT2D eigenvalue weighted by atomic mass is 35.5. The summed E-state index contributed by atoms with van der Waals surface area (Å²) in [5.41, 5.74) is 1.83. The van der Waals surface area contributed by atoms with E-state index in [0.717, 1.165) is 21.6 Å². The van der Waals surface area contributed by atoms with Crippen molar-refractivity contribution in [3.05, 3.63) is 76.0 Å². The average Bonchev–Trinajstić information content (AvgIpc) is 3.19. The van der Waals surface area contributed by atoms with Gasteiger partial charge in [-0.3, -0.25) is 4.79 Å². The number of aryl methyl sites for hydroxylation is 1. The Hall–Kier alpha value is -2.70. The molecular weight excluding hydrogens is 373 g/mol. The molecule has 130 valence electrons. The number of aromatic nitrogens is 2. The zero-order valence-corrected chi connectivity index (χ0v) is 15.2. The summed E-state index contributed by atoms with van der Waals surface area (Å²) < 4.78 is 15.5. The first-order chi connectivity index (χ1) is 12.5. The summed E-state index contributed by atoms with van der Waals surface area (Å²) >= 11 is 7.26. The lowest BCUT2D eigenvalue weighted by Gasteiger charge is -2.04. The molecular formula is C19H13ClFN3OS. The highest BCUT2D eigenvalue weighted by Crippen LogP contribution is 2.31. The SMILES string of the molecule is Cc1nn(-c2ccc(Cl)cc2)c2sc(C(=O)Nc3ccccc3F)cc12. The highest BCUT2D eigenvalue weighted by Gasteiger charge is 2.18. The molecule has 1 N–H and O–H groups in total. The van der Waals surface area contributed by atoms with Crippen molar-refractivity contribution in [3.8, 4) is 5.69 Å². The molecule has 1 amide bonds. The molecule has 2 aromatic carbocycles. The van der Waals surface area contributed by atoms with Gasteiger partial charge in [0.1, 0.15) is 10.6 Å². The van der Waals surface area contributed by atoms with E-state index in [4.69, 9.17) is 11.6 Å². The number of nitrogens with zero attached hydrogens (tertiary/aromatic N) is 2. The largest absolute Gasteiger partial charge is 0.319 e. The third-order valence-corrected chi connectivity index (χ3v) is 5.32. The van der Waals surface area contributed by atoms with Crippen LogP contribution in [0.5, 0.6) is 0 Å². The Kier molecular flexibility index (Phi) is 4.22. The maximum absolute atomic E-state index is 13.8. The van der Waals surface area contributed by atoms with Crippen molar-refractivity contribution in [1.82, 2.24) is 9.78 Å².